The molecule has 254 valence electrons. The lowest BCUT2D eigenvalue weighted by atomic mass is 9.89. The normalized spacial score (nSPS) is 23.5. The molecule has 3 atom stereocenters. The van der Waals surface area contributed by atoms with Gasteiger partial charge in [-0.15, -0.1) is 0 Å². The van der Waals surface area contributed by atoms with E-state index in [1.807, 2.05) is 61.8 Å². The molecule has 2 fully saturated rings. The number of carbonyl (C=O) groups excluding carboxylic acids is 1. The number of aliphatic hydroxyl groups is 1. The summed E-state index contributed by atoms with van der Waals surface area (Å²) in [5, 5.41) is 13.5. The standard InChI is InChI=1S/C33H42F6N4O3/c1-7-9-24-14-26(31(45,32(34,35)36)33(37,38)39)12-13-28(24)42-16-23(5)43(17-22(42)4)29(44)18-41-19-30(6,40-20-41)25-10-8-11-27(15-25)46-21(2)3/h7-15,21-23,40,45H,16-20H2,1-6H3/t22?,23-,30-/m0/s1. The molecular formula is C33H42F6N4O3. The summed E-state index contributed by atoms with van der Waals surface area (Å²) in [5.74, 6) is 0.695. The van der Waals surface area contributed by atoms with E-state index < -0.39 is 29.1 Å². The molecule has 2 aromatic rings. The Hall–Kier alpha value is -3.29. The SMILES string of the molecule is CC=Cc1cc(C(O)(C(F)(F)F)C(F)(F)F)ccc1N1C[C@H](C)N(C(=O)CN2CN[C@](C)(c3cccc(OC(C)C)c3)C2)CC1C. The van der Waals surface area contributed by atoms with E-state index in [0.717, 1.165) is 17.4 Å². The fraction of sp³-hybridized carbons (Fsp3) is 0.545. The molecule has 2 aliphatic rings. The highest BCUT2D eigenvalue weighted by atomic mass is 19.4. The second kappa shape index (κ2) is 13.1. The van der Waals surface area contributed by atoms with Crippen LogP contribution in [0.15, 0.2) is 48.5 Å². The van der Waals surface area contributed by atoms with Gasteiger partial charge in [0.15, 0.2) is 0 Å². The molecule has 0 aliphatic carbocycles. The van der Waals surface area contributed by atoms with Gasteiger partial charge in [-0.3, -0.25) is 15.0 Å². The Balaban J connectivity index is 1.48. The molecule has 0 spiro atoms. The third-order valence-corrected chi connectivity index (χ3v) is 8.66. The number of halogens is 6. The summed E-state index contributed by atoms with van der Waals surface area (Å²) in [6.07, 6.45) is -9.02. The molecule has 2 aliphatic heterocycles. The predicted octanol–water partition coefficient (Wildman–Crippen LogP) is 6.02. The number of hydrogen-bond donors (Lipinski definition) is 2. The van der Waals surface area contributed by atoms with Gasteiger partial charge >= 0.3 is 12.4 Å². The topological polar surface area (TPSA) is 68.3 Å². The van der Waals surface area contributed by atoms with Crippen molar-refractivity contribution in [3.8, 4) is 5.75 Å². The summed E-state index contributed by atoms with van der Waals surface area (Å²) in [6.45, 7) is 13.2. The summed E-state index contributed by atoms with van der Waals surface area (Å²) in [4.78, 5) is 19.2. The molecule has 2 saturated heterocycles. The maximum absolute atomic E-state index is 13.6. The van der Waals surface area contributed by atoms with Gasteiger partial charge in [0.1, 0.15) is 5.75 Å². The van der Waals surface area contributed by atoms with Gasteiger partial charge in [0.05, 0.1) is 18.2 Å². The number of amides is 1. The van der Waals surface area contributed by atoms with Crippen LogP contribution in [0.5, 0.6) is 5.75 Å². The molecule has 1 unspecified atom stereocenters. The lowest BCUT2D eigenvalue weighted by molar-refractivity contribution is -0.376. The Bertz CT molecular complexity index is 1410. The van der Waals surface area contributed by atoms with Crippen molar-refractivity contribution < 1.29 is 41.0 Å². The maximum Gasteiger partial charge on any atom is 0.430 e. The quantitative estimate of drug-likeness (QED) is 0.339. The Labute approximate surface area is 265 Å². The monoisotopic (exact) mass is 656 g/mol. The number of rotatable bonds is 8. The molecular weight excluding hydrogens is 614 g/mol. The highest BCUT2D eigenvalue weighted by molar-refractivity contribution is 5.79. The van der Waals surface area contributed by atoms with Crippen molar-refractivity contribution in [3.05, 3.63) is 65.2 Å². The van der Waals surface area contributed by atoms with E-state index in [1.54, 1.807) is 11.8 Å². The second-order valence-electron chi connectivity index (χ2n) is 12.7. The highest BCUT2D eigenvalue weighted by Gasteiger charge is 2.71. The average molecular weight is 657 g/mol. The summed E-state index contributed by atoms with van der Waals surface area (Å²) < 4.78 is 87.3. The zero-order valence-electron chi connectivity index (χ0n) is 26.8. The van der Waals surface area contributed by atoms with E-state index in [-0.39, 0.29) is 36.2 Å². The largest absolute Gasteiger partial charge is 0.491 e. The van der Waals surface area contributed by atoms with Gasteiger partial charge < -0.3 is 19.6 Å². The van der Waals surface area contributed by atoms with Gasteiger partial charge in [0, 0.05) is 49.6 Å². The molecule has 2 N–H and O–H groups in total. The fourth-order valence-corrected chi connectivity index (χ4v) is 6.27. The first-order chi connectivity index (χ1) is 21.3. The van der Waals surface area contributed by atoms with Crippen LogP contribution in [0.2, 0.25) is 0 Å². The van der Waals surface area contributed by atoms with Crippen LogP contribution in [0.3, 0.4) is 0 Å². The van der Waals surface area contributed by atoms with E-state index in [2.05, 4.69) is 12.2 Å². The van der Waals surface area contributed by atoms with Crippen LogP contribution in [0.25, 0.3) is 6.08 Å². The van der Waals surface area contributed by atoms with E-state index >= 15 is 0 Å². The first kappa shape index (κ1) is 35.6. The van der Waals surface area contributed by atoms with Gasteiger partial charge in [-0.25, -0.2) is 0 Å². The molecule has 0 bridgehead atoms. The lowest BCUT2D eigenvalue weighted by Gasteiger charge is -2.46. The van der Waals surface area contributed by atoms with Gasteiger partial charge in [-0.2, -0.15) is 26.3 Å². The molecule has 0 radical (unpaired) electrons. The molecule has 4 rings (SSSR count). The smallest absolute Gasteiger partial charge is 0.430 e. The van der Waals surface area contributed by atoms with Gasteiger partial charge in [-0.1, -0.05) is 30.4 Å². The van der Waals surface area contributed by atoms with E-state index in [9.17, 15) is 36.2 Å². The minimum atomic E-state index is -5.98. The van der Waals surface area contributed by atoms with Crippen LogP contribution in [0.4, 0.5) is 32.0 Å². The first-order valence-electron chi connectivity index (χ1n) is 15.2. The Morgan fingerprint density at radius 1 is 1.07 bits per heavy atom. The van der Waals surface area contributed by atoms with Gasteiger partial charge in [0.25, 0.3) is 5.60 Å². The third-order valence-electron chi connectivity index (χ3n) is 8.66. The number of allylic oxidation sites excluding steroid dienone is 1. The summed E-state index contributed by atoms with van der Waals surface area (Å²) >= 11 is 0. The zero-order chi connectivity index (χ0) is 34.2. The van der Waals surface area contributed by atoms with Crippen molar-refractivity contribution in [2.45, 2.75) is 83.2 Å². The Morgan fingerprint density at radius 3 is 2.35 bits per heavy atom. The van der Waals surface area contributed by atoms with Crippen LogP contribution in [-0.4, -0.2) is 84.2 Å². The van der Waals surface area contributed by atoms with E-state index in [1.165, 1.54) is 18.2 Å². The summed E-state index contributed by atoms with van der Waals surface area (Å²) in [5.41, 5.74) is -5.19. The Morgan fingerprint density at radius 2 is 1.74 bits per heavy atom. The zero-order valence-corrected chi connectivity index (χ0v) is 26.8. The van der Waals surface area contributed by atoms with Gasteiger partial charge in [-0.05, 0) is 76.9 Å². The van der Waals surface area contributed by atoms with Crippen LogP contribution < -0.4 is 15.0 Å². The highest BCUT2D eigenvalue weighted by Crippen LogP contribution is 2.50. The average Bonchev–Trinajstić information content (AvgIpc) is 3.33. The van der Waals surface area contributed by atoms with Crippen LogP contribution in [-0.2, 0) is 15.9 Å². The van der Waals surface area contributed by atoms with Crippen molar-refractivity contribution in [1.82, 2.24) is 15.1 Å². The molecule has 2 heterocycles. The van der Waals surface area contributed by atoms with Gasteiger partial charge in [0.2, 0.25) is 5.91 Å². The number of hydrogen-bond acceptors (Lipinski definition) is 6. The molecule has 1 amide bonds. The molecule has 7 nitrogen and oxygen atoms in total. The number of nitrogens with zero attached hydrogens (tertiary/aromatic N) is 3. The lowest BCUT2D eigenvalue weighted by Crippen LogP contribution is -2.59. The summed E-state index contributed by atoms with van der Waals surface area (Å²) in [6, 6.07) is 9.85. The number of piperazine rings is 1. The number of benzene rings is 2. The first-order valence-corrected chi connectivity index (χ1v) is 15.2. The van der Waals surface area contributed by atoms with Crippen molar-refractivity contribution in [2.24, 2.45) is 0 Å². The third kappa shape index (κ3) is 7.01. The molecule has 2 aromatic carbocycles. The molecule has 13 heteroatoms. The van der Waals surface area contributed by atoms with Crippen molar-refractivity contribution >= 4 is 17.7 Å². The molecule has 0 saturated carbocycles. The number of anilines is 1. The van der Waals surface area contributed by atoms with Crippen LogP contribution >= 0.6 is 0 Å². The molecule has 0 aromatic heterocycles. The summed E-state index contributed by atoms with van der Waals surface area (Å²) in [7, 11) is 0. The number of alkyl halides is 6. The Kier molecular flexibility index (Phi) is 10.1. The minimum absolute atomic E-state index is 0.0383. The predicted molar refractivity (Wildman–Crippen MR) is 164 cm³/mol. The van der Waals surface area contributed by atoms with Crippen LogP contribution in [0.1, 0.15) is 58.2 Å². The number of carbonyl (C=O) groups is 1. The molecule has 46 heavy (non-hydrogen) atoms. The van der Waals surface area contributed by atoms with Crippen molar-refractivity contribution in [1.29, 1.82) is 0 Å². The minimum Gasteiger partial charge on any atom is -0.491 e. The van der Waals surface area contributed by atoms with E-state index in [0.29, 0.717) is 38.1 Å². The fourth-order valence-electron chi connectivity index (χ4n) is 6.27. The van der Waals surface area contributed by atoms with E-state index in [4.69, 9.17) is 4.74 Å². The van der Waals surface area contributed by atoms with Crippen molar-refractivity contribution in [2.75, 3.05) is 37.7 Å². The number of nitrogens with one attached hydrogen (secondary N) is 1. The number of ether oxygens (including phenoxy) is 1. The van der Waals surface area contributed by atoms with Crippen LogP contribution in [0, 0.1) is 0 Å². The van der Waals surface area contributed by atoms with Crippen molar-refractivity contribution in [3.63, 3.8) is 0 Å². The second-order valence-corrected chi connectivity index (χ2v) is 12.7. The maximum atomic E-state index is 13.6.